The molecule has 0 aliphatic heterocycles. The molecule has 2 aromatic rings. The van der Waals surface area contributed by atoms with Gasteiger partial charge in [-0.3, -0.25) is 4.79 Å². The molecule has 0 aromatic heterocycles. The van der Waals surface area contributed by atoms with E-state index in [1.54, 1.807) is 0 Å². The molecular formula is C16H16INO2. The molecule has 0 saturated carbocycles. The fourth-order valence-electron chi connectivity index (χ4n) is 1.74. The van der Waals surface area contributed by atoms with Crippen LogP contribution in [0.15, 0.2) is 42.5 Å². The molecule has 4 heteroatoms. The number of amides is 1. The molecule has 0 atom stereocenters. The van der Waals surface area contributed by atoms with Crippen molar-refractivity contribution in [2.24, 2.45) is 0 Å². The van der Waals surface area contributed by atoms with Crippen molar-refractivity contribution < 1.29 is 9.53 Å². The average Bonchev–Trinajstić information content (AvgIpc) is 2.42. The largest absolute Gasteiger partial charge is 0.484 e. The van der Waals surface area contributed by atoms with Gasteiger partial charge in [-0.05, 0) is 77.9 Å². The van der Waals surface area contributed by atoms with Crippen molar-refractivity contribution in [3.63, 3.8) is 0 Å². The molecule has 0 bridgehead atoms. The number of carbonyl (C=O) groups is 1. The summed E-state index contributed by atoms with van der Waals surface area (Å²) in [6, 6.07) is 13.6. The van der Waals surface area contributed by atoms with E-state index in [0.29, 0.717) is 5.75 Å². The lowest BCUT2D eigenvalue weighted by Crippen LogP contribution is -2.20. The van der Waals surface area contributed by atoms with E-state index in [4.69, 9.17) is 4.74 Å². The Labute approximate surface area is 132 Å². The molecule has 0 spiro atoms. The molecule has 2 rings (SSSR count). The Hall–Kier alpha value is -1.56. The Kier molecular flexibility index (Phi) is 5.00. The highest BCUT2D eigenvalue weighted by Crippen LogP contribution is 2.17. The van der Waals surface area contributed by atoms with Crippen molar-refractivity contribution >= 4 is 34.2 Å². The maximum Gasteiger partial charge on any atom is 0.262 e. The van der Waals surface area contributed by atoms with E-state index in [2.05, 4.69) is 27.9 Å². The normalized spacial score (nSPS) is 10.2. The summed E-state index contributed by atoms with van der Waals surface area (Å²) in [5.41, 5.74) is 2.99. The topological polar surface area (TPSA) is 38.3 Å². The molecular weight excluding hydrogens is 365 g/mol. The molecule has 1 N–H and O–H groups in total. The molecule has 0 saturated heterocycles. The number of hydrogen-bond donors (Lipinski definition) is 1. The first kappa shape index (κ1) is 14.8. The van der Waals surface area contributed by atoms with Crippen LogP contribution in [0.5, 0.6) is 5.75 Å². The molecule has 0 unspecified atom stereocenters. The molecule has 2 aromatic carbocycles. The second-order valence-electron chi connectivity index (χ2n) is 4.61. The van der Waals surface area contributed by atoms with Gasteiger partial charge in [0, 0.05) is 9.26 Å². The van der Waals surface area contributed by atoms with Crippen LogP contribution in [0.3, 0.4) is 0 Å². The summed E-state index contributed by atoms with van der Waals surface area (Å²) in [5.74, 6) is 0.541. The highest BCUT2D eigenvalue weighted by Gasteiger charge is 2.06. The molecule has 0 aliphatic carbocycles. The minimum atomic E-state index is -0.155. The first-order chi connectivity index (χ1) is 9.54. The lowest BCUT2D eigenvalue weighted by molar-refractivity contribution is -0.118. The number of ether oxygens (including phenoxy) is 1. The van der Waals surface area contributed by atoms with Crippen LogP contribution in [0.4, 0.5) is 5.69 Å². The van der Waals surface area contributed by atoms with Gasteiger partial charge < -0.3 is 10.1 Å². The zero-order valence-electron chi connectivity index (χ0n) is 11.4. The Balaban J connectivity index is 1.92. The first-order valence-corrected chi connectivity index (χ1v) is 7.38. The van der Waals surface area contributed by atoms with Gasteiger partial charge in [-0.25, -0.2) is 0 Å². The Bertz CT molecular complexity index is 608. The summed E-state index contributed by atoms with van der Waals surface area (Å²) in [4.78, 5) is 11.9. The van der Waals surface area contributed by atoms with Gasteiger partial charge in [0.15, 0.2) is 6.61 Å². The van der Waals surface area contributed by atoms with Crippen LogP contribution in [0, 0.1) is 17.4 Å². The van der Waals surface area contributed by atoms with Gasteiger partial charge in [0.2, 0.25) is 0 Å². The molecule has 0 fully saturated rings. The van der Waals surface area contributed by atoms with Crippen LogP contribution in [-0.4, -0.2) is 12.5 Å². The van der Waals surface area contributed by atoms with Crippen LogP contribution in [0.25, 0.3) is 0 Å². The van der Waals surface area contributed by atoms with E-state index in [0.717, 1.165) is 20.4 Å². The molecule has 0 heterocycles. The maximum atomic E-state index is 11.9. The number of benzene rings is 2. The van der Waals surface area contributed by atoms with Gasteiger partial charge in [-0.1, -0.05) is 12.1 Å². The first-order valence-electron chi connectivity index (χ1n) is 6.30. The number of anilines is 1. The molecule has 20 heavy (non-hydrogen) atoms. The van der Waals surface area contributed by atoms with Crippen molar-refractivity contribution in [3.05, 3.63) is 57.2 Å². The molecule has 104 valence electrons. The zero-order chi connectivity index (χ0) is 14.5. The van der Waals surface area contributed by atoms with E-state index in [-0.39, 0.29) is 12.5 Å². The van der Waals surface area contributed by atoms with Crippen molar-refractivity contribution in [3.8, 4) is 5.75 Å². The predicted molar refractivity (Wildman–Crippen MR) is 89.2 cm³/mol. The van der Waals surface area contributed by atoms with Crippen LogP contribution < -0.4 is 10.1 Å². The van der Waals surface area contributed by atoms with E-state index in [9.17, 15) is 4.79 Å². The third kappa shape index (κ3) is 4.23. The van der Waals surface area contributed by atoms with Crippen LogP contribution >= 0.6 is 22.6 Å². The second kappa shape index (κ2) is 6.74. The average molecular weight is 381 g/mol. The van der Waals surface area contributed by atoms with Gasteiger partial charge >= 0.3 is 0 Å². The maximum absolute atomic E-state index is 11.9. The minimum Gasteiger partial charge on any atom is -0.484 e. The summed E-state index contributed by atoms with van der Waals surface area (Å²) < 4.78 is 6.58. The number of hydrogen-bond acceptors (Lipinski definition) is 2. The molecule has 1 amide bonds. The highest BCUT2D eigenvalue weighted by molar-refractivity contribution is 14.1. The van der Waals surface area contributed by atoms with Gasteiger partial charge in [-0.15, -0.1) is 0 Å². The van der Waals surface area contributed by atoms with Crippen molar-refractivity contribution in [2.45, 2.75) is 13.8 Å². The van der Waals surface area contributed by atoms with Gasteiger partial charge in [-0.2, -0.15) is 0 Å². The summed E-state index contributed by atoms with van der Waals surface area (Å²) in [5, 5.41) is 2.87. The van der Waals surface area contributed by atoms with E-state index in [1.807, 2.05) is 56.3 Å². The van der Waals surface area contributed by atoms with E-state index in [1.165, 1.54) is 0 Å². The van der Waals surface area contributed by atoms with E-state index < -0.39 is 0 Å². The standard InChI is InChI=1S/C16H16INO2/c1-11-3-4-12(2)15(9-11)18-16(19)10-20-14-7-5-13(17)6-8-14/h3-9H,10H2,1-2H3,(H,18,19). The van der Waals surface area contributed by atoms with Gasteiger partial charge in [0.25, 0.3) is 5.91 Å². The quantitative estimate of drug-likeness (QED) is 0.816. The summed E-state index contributed by atoms with van der Waals surface area (Å²) in [6.07, 6.45) is 0. The van der Waals surface area contributed by atoms with E-state index >= 15 is 0 Å². The van der Waals surface area contributed by atoms with Crippen molar-refractivity contribution in [1.82, 2.24) is 0 Å². The van der Waals surface area contributed by atoms with Crippen LogP contribution in [0.1, 0.15) is 11.1 Å². The Morgan fingerprint density at radius 1 is 1.15 bits per heavy atom. The van der Waals surface area contributed by atoms with Crippen molar-refractivity contribution in [2.75, 3.05) is 11.9 Å². The van der Waals surface area contributed by atoms with Crippen molar-refractivity contribution in [1.29, 1.82) is 0 Å². The smallest absolute Gasteiger partial charge is 0.262 e. The molecule has 0 aliphatic rings. The van der Waals surface area contributed by atoms with Gasteiger partial charge in [0.05, 0.1) is 0 Å². The lowest BCUT2D eigenvalue weighted by atomic mass is 10.1. The van der Waals surface area contributed by atoms with Crippen LogP contribution in [-0.2, 0) is 4.79 Å². The lowest BCUT2D eigenvalue weighted by Gasteiger charge is -2.10. The number of rotatable bonds is 4. The summed E-state index contributed by atoms with van der Waals surface area (Å²) >= 11 is 2.23. The third-order valence-electron chi connectivity index (χ3n) is 2.85. The number of aryl methyl sites for hydroxylation is 2. The fourth-order valence-corrected chi connectivity index (χ4v) is 2.10. The fraction of sp³-hybridized carbons (Fsp3) is 0.188. The summed E-state index contributed by atoms with van der Waals surface area (Å²) in [6.45, 7) is 3.97. The van der Waals surface area contributed by atoms with Gasteiger partial charge in [0.1, 0.15) is 5.75 Å². The minimum absolute atomic E-state index is 0.00791. The second-order valence-corrected chi connectivity index (χ2v) is 5.85. The number of halogens is 1. The molecule has 0 radical (unpaired) electrons. The SMILES string of the molecule is Cc1ccc(C)c(NC(=O)COc2ccc(I)cc2)c1. The summed E-state index contributed by atoms with van der Waals surface area (Å²) in [7, 11) is 0. The van der Waals surface area contributed by atoms with Crippen LogP contribution in [0.2, 0.25) is 0 Å². The number of carbonyl (C=O) groups excluding carboxylic acids is 1. The zero-order valence-corrected chi connectivity index (χ0v) is 13.6. The highest BCUT2D eigenvalue weighted by atomic mass is 127. The third-order valence-corrected chi connectivity index (χ3v) is 3.57. The monoisotopic (exact) mass is 381 g/mol. The Morgan fingerprint density at radius 3 is 2.55 bits per heavy atom. The predicted octanol–water partition coefficient (Wildman–Crippen LogP) is 3.93. The number of nitrogens with one attached hydrogen (secondary N) is 1. The molecule has 3 nitrogen and oxygen atoms in total. The Morgan fingerprint density at radius 2 is 1.85 bits per heavy atom.